The highest BCUT2D eigenvalue weighted by Crippen LogP contribution is 2.25. The first-order valence-corrected chi connectivity index (χ1v) is 14.2. The fraction of sp³-hybridized carbons (Fsp3) is 0.346. The molecule has 2 fully saturated rings. The van der Waals surface area contributed by atoms with Crippen LogP contribution in [-0.2, 0) is 10.0 Å². The third-order valence-corrected chi connectivity index (χ3v) is 9.05. The predicted molar refractivity (Wildman–Crippen MR) is 142 cm³/mol. The topological polar surface area (TPSA) is 117 Å². The fourth-order valence-electron chi connectivity index (χ4n) is 5.04. The summed E-state index contributed by atoms with van der Waals surface area (Å²) < 4.78 is 29.1. The van der Waals surface area contributed by atoms with E-state index in [2.05, 4.69) is 25.2 Å². The van der Waals surface area contributed by atoms with Gasteiger partial charge >= 0.3 is 0 Å². The van der Waals surface area contributed by atoms with E-state index in [-0.39, 0.29) is 10.8 Å². The lowest BCUT2D eigenvalue weighted by Crippen LogP contribution is -2.49. The van der Waals surface area contributed by atoms with Gasteiger partial charge in [0.25, 0.3) is 5.91 Å². The summed E-state index contributed by atoms with van der Waals surface area (Å²) in [5.41, 5.74) is 2.58. The van der Waals surface area contributed by atoms with Crippen molar-refractivity contribution in [2.24, 2.45) is 0 Å². The maximum absolute atomic E-state index is 13.2. The maximum Gasteiger partial charge on any atom is 0.253 e. The van der Waals surface area contributed by atoms with Gasteiger partial charge in [-0.1, -0.05) is 29.8 Å². The highest BCUT2D eigenvalue weighted by atomic mass is 32.2. The Morgan fingerprint density at radius 2 is 1.50 bits per heavy atom. The lowest BCUT2D eigenvalue weighted by atomic mass is 10.2. The predicted octanol–water partition coefficient (Wildman–Crippen LogP) is 2.35. The van der Waals surface area contributed by atoms with Gasteiger partial charge in [0.15, 0.2) is 17.0 Å². The van der Waals surface area contributed by atoms with Crippen LogP contribution in [-0.4, -0.2) is 87.8 Å². The van der Waals surface area contributed by atoms with E-state index in [1.54, 1.807) is 33.8 Å². The summed E-state index contributed by atoms with van der Waals surface area (Å²) in [4.78, 5) is 26.1. The van der Waals surface area contributed by atoms with Gasteiger partial charge in [-0.05, 0) is 49.2 Å². The summed E-state index contributed by atoms with van der Waals surface area (Å²) in [6.45, 7) is 3.27. The zero-order valence-electron chi connectivity index (χ0n) is 20.8. The molecule has 12 heteroatoms. The molecule has 0 radical (unpaired) electrons. The van der Waals surface area contributed by atoms with Crippen molar-refractivity contribution >= 4 is 32.9 Å². The Balaban J connectivity index is 1.14. The first-order chi connectivity index (χ1) is 18.5. The number of nitrogens with zero attached hydrogens (tertiary/aromatic N) is 8. The number of para-hydroxylation sites is 1. The van der Waals surface area contributed by atoms with Gasteiger partial charge in [0.05, 0.1) is 10.6 Å². The summed E-state index contributed by atoms with van der Waals surface area (Å²) in [6.07, 6.45) is 4.33. The van der Waals surface area contributed by atoms with Gasteiger partial charge in [0.1, 0.15) is 6.33 Å². The van der Waals surface area contributed by atoms with E-state index >= 15 is 0 Å². The van der Waals surface area contributed by atoms with Crippen molar-refractivity contribution in [3.05, 3.63) is 66.5 Å². The molecule has 6 rings (SSSR count). The number of benzene rings is 2. The summed E-state index contributed by atoms with van der Waals surface area (Å²) in [5.74, 6) is 0.575. The van der Waals surface area contributed by atoms with Gasteiger partial charge in [-0.2, -0.15) is 8.99 Å². The van der Waals surface area contributed by atoms with E-state index in [1.807, 2.05) is 30.3 Å². The van der Waals surface area contributed by atoms with Crippen LogP contribution >= 0.6 is 0 Å². The van der Waals surface area contributed by atoms with Gasteiger partial charge in [-0.15, -0.1) is 5.10 Å². The molecule has 196 valence electrons. The first kappa shape index (κ1) is 24.4. The third kappa shape index (κ3) is 4.50. The summed E-state index contributed by atoms with van der Waals surface area (Å²) in [5, 5.41) is 8.63. The lowest BCUT2D eigenvalue weighted by molar-refractivity contribution is 0.0746. The number of piperazine rings is 1. The number of rotatable bonds is 5. The zero-order chi connectivity index (χ0) is 26.1. The summed E-state index contributed by atoms with van der Waals surface area (Å²) in [7, 11) is -3.52. The Hall–Kier alpha value is -3.90. The van der Waals surface area contributed by atoms with E-state index in [1.165, 1.54) is 10.6 Å². The Kier molecular flexibility index (Phi) is 6.50. The zero-order valence-corrected chi connectivity index (χ0v) is 21.7. The van der Waals surface area contributed by atoms with E-state index < -0.39 is 10.0 Å². The molecule has 2 aromatic carbocycles. The van der Waals surface area contributed by atoms with Gasteiger partial charge < -0.3 is 9.80 Å². The van der Waals surface area contributed by atoms with Crippen LogP contribution in [0.25, 0.3) is 16.9 Å². The van der Waals surface area contributed by atoms with E-state index in [0.29, 0.717) is 61.8 Å². The average molecular weight is 533 g/mol. The Labute approximate surface area is 220 Å². The maximum atomic E-state index is 13.2. The Bertz CT molecular complexity index is 1540. The number of carbonyl (C=O) groups is 1. The molecule has 2 aliphatic heterocycles. The minimum atomic E-state index is -3.52. The first-order valence-electron chi connectivity index (χ1n) is 12.8. The molecule has 2 aliphatic rings. The number of fused-ring (bicyclic) bond motifs is 1. The standard InChI is InChI=1S/C26H28N8O3S/c35-26(20-9-11-22(12-10-20)38(36,37)33-13-5-2-6-14-33)32-17-15-31(16-18-32)24-23-25(28-19-27-24)34(30-29-23)21-7-3-1-4-8-21/h1,3-4,7-12,19H,2,5-6,13-18H2. The Morgan fingerprint density at radius 1 is 0.789 bits per heavy atom. The third-order valence-electron chi connectivity index (χ3n) is 7.14. The second-order valence-corrected chi connectivity index (χ2v) is 11.4. The number of anilines is 1. The summed E-state index contributed by atoms with van der Waals surface area (Å²) >= 11 is 0. The van der Waals surface area contributed by atoms with E-state index in [0.717, 1.165) is 24.9 Å². The van der Waals surface area contributed by atoms with Gasteiger partial charge in [-0.3, -0.25) is 4.79 Å². The molecule has 2 aromatic heterocycles. The van der Waals surface area contributed by atoms with Crippen LogP contribution in [0.5, 0.6) is 0 Å². The minimum absolute atomic E-state index is 0.116. The van der Waals surface area contributed by atoms with Crippen molar-refractivity contribution in [3.8, 4) is 5.69 Å². The molecule has 4 aromatic rings. The number of sulfonamides is 1. The van der Waals surface area contributed by atoms with Crippen molar-refractivity contribution in [2.75, 3.05) is 44.2 Å². The highest BCUT2D eigenvalue weighted by molar-refractivity contribution is 7.89. The molecule has 0 bridgehead atoms. The molecule has 0 N–H and O–H groups in total. The number of aromatic nitrogens is 5. The molecule has 0 unspecified atom stereocenters. The molecule has 0 aliphatic carbocycles. The average Bonchev–Trinajstić information content (AvgIpc) is 3.42. The molecule has 2 saturated heterocycles. The largest absolute Gasteiger partial charge is 0.351 e. The number of amides is 1. The highest BCUT2D eigenvalue weighted by Gasteiger charge is 2.28. The fourth-order valence-corrected chi connectivity index (χ4v) is 6.56. The molecule has 0 spiro atoms. The second-order valence-electron chi connectivity index (χ2n) is 9.47. The van der Waals surface area contributed by atoms with Crippen molar-refractivity contribution in [3.63, 3.8) is 0 Å². The van der Waals surface area contributed by atoms with Crippen LogP contribution < -0.4 is 4.90 Å². The molecular weight excluding hydrogens is 504 g/mol. The van der Waals surface area contributed by atoms with Crippen molar-refractivity contribution in [1.29, 1.82) is 0 Å². The van der Waals surface area contributed by atoms with Gasteiger partial charge in [0.2, 0.25) is 10.0 Å². The monoisotopic (exact) mass is 532 g/mol. The Morgan fingerprint density at radius 3 is 2.21 bits per heavy atom. The normalized spacial score (nSPS) is 17.2. The van der Waals surface area contributed by atoms with Crippen LogP contribution in [0.4, 0.5) is 5.82 Å². The molecule has 1 amide bonds. The number of carbonyl (C=O) groups excluding carboxylic acids is 1. The van der Waals surface area contributed by atoms with E-state index in [9.17, 15) is 13.2 Å². The number of hydrogen-bond acceptors (Lipinski definition) is 8. The minimum Gasteiger partial charge on any atom is -0.351 e. The number of hydrogen-bond donors (Lipinski definition) is 0. The van der Waals surface area contributed by atoms with Crippen molar-refractivity contribution < 1.29 is 13.2 Å². The van der Waals surface area contributed by atoms with Crippen LogP contribution in [0.3, 0.4) is 0 Å². The van der Waals surface area contributed by atoms with Crippen LogP contribution in [0, 0.1) is 0 Å². The van der Waals surface area contributed by atoms with Gasteiger partial charge in [0, 0.05) is 44.8 Å². The smallest absolute Gasteiger partial charge is 0.253 e. The lowest BCUT2D eigenvalue weighted by Gasteiger charge is -2.35. The molecule has 11 nitrogen and oxygen atoms in total. The SMILES string of the molecule is O=C(c1ccc(S(=O)(=O)N2CCCCC2)cc1)N1CCN(c2ncnc3c2nnn3-c2ccccc2)CC1. The molecular formula is C26H28N8O3S. The van der Waals surface area contributed by atoms with Crippen LogP contribution in [0.1, 0.15) is 29.6 Å². The number of piperidine rings is 1. The van der Waals surface area contributed by atoms with Crippen molar-refractivity contribution in [2.45, 2.75) is 24.2 Å². The molecule has 38 heavy (non-hydrogen) atoms. The van der Waals surface area contributed by atoms with Crippen LogP contribution in [0.15, 0.2) is 65.8 Å². The quantitative estimate of drug-likeness (QED) is 0.385. The molecule has 4 heterocycles. The van der Waals surface area contributed by atoms with Gasteiger partial charge in [-0.25, -0.2) is 18.4 Å². The van der Waals surface area contributed by atoms with E-state index in [4.69, 9.17) is 0 Å². The molecule has 0 saturated carbocycles. The van der Waals surface area contributed by atoms with Crippen LogP contribution in [0.2, 0.25) is 0 Å². The van der Waals surface area contributed by atoms with Crippen molar-refractivity contribution in [1.82, 2.24) is 34.2 Å². The summed E-state index contributed by atoms with van der Waals surface area (Å²) in [6, 6.07) is 16.0. The molecule has 0 atom stereocenters. The second kappa shape index (κ2) is 10.1.